The molecule has 0 unspecified atom stereocenters. The number of aryl methyl sites for hydroxylation is 2. The van der Waals surface area contributed by atoms with Crippen molar-refractivity contribution in [2.75, 3.05) is 11.9 Å². The molecule has 27 heavy (non-hydrogen) atoms. The van der Waals surface area contributed by atoms with Gasteiger partial charge in [-0.15, -0.1) is 0 Å². The molecule has 1 N–H and O–H groups in total. The standard InChI is InChI=1S/C21H22ClNO4/c1-13-18(22)7-4-8-19(13)23-21(25)14(2)27-20(24)12-26-17-10-9-15-5-3-6-16(15)11-17/h4,7-11,14H,3,5-6,12H2,1-2H3,(H,23,25)/t14-/m1/s1. The fraction of sp³-hybridized carbons (Fsp3) is 0.333. The molecule has 1 aliphatic carbocycles. The van der Waals surface area contributed by atoms with E-state index < -0.39 is 18.0 Å². The molecule has 0 aromatic heterocycles. The maximum atomic E-state index is 12.2. The third-order valence-electron chi connectivity index (χ3n) is 4.63. The number of benzene rings is 2. The molecule has 0 spiro atoms. The van der Waals surface area contributed by atoms with Crippen LogP contribution in [0, 0.1) is 6.92 Å². The van der Waals surface area contributed by atoms with Crippen molar-refractivity contribution < 1.29 is 19.1 Å². The summed E-state index contributed by atoms with van der Waals surface area (Å²) in [5.74, 6) is -0.383. The lowest BCUT2D eigenvalue weighted by atomic mass is 10.1. The summed E-state index contributed by atoms with van der Waals surface area (Å²) in [4.78, 5) is 24.2. The number of rotatable bonds is 6. The van der Waals surface area contributed by atoms with Crippen LogP contribution in [0.5, 0.6) is 5.75 Å². The Hall–Kier alpha value is -2.53. The number of ether oxygens (including phenoxy) is 2. The minimum Gasteiger partial charge on any atom is -0.482 e. The fourth-order valence-corrected chi connectivity index (χ4v) is 3.22. The lowest BCUT2D eigenvalue weighted by molar-refractivity contribution is -0.155. The lowest BCUT2D eigenvalue weighted by Gasteiger charge is -2.15. The Morgan fingerprint density at radius 2 is 1.96 bits per heavy atom. The Morgan fingerprint density at radius 3 is 2.78 bits per heavy atom. The van der Waals surface area contributed by atoms with Crippen LogP contribution < -0.4 is 10.1 Å². The van der Waals surface area contributed by atoms with Gasteiger partial charge in [0, 0.05) is 10.7 Å². The average Bonchev–Trinajstić information content (AvgIpc) is 3.11. The molecule has 6 heteroatoms. The first-order chi connectivity index (χ1) is 12.9. The summed E-state index contributed by atoms with van der Waals surface area (Å²) in [6, 6.07) is 11.1. The summed E-state index contributed by atoms with van der Waals surface area (Å²) in [6.45, 7) is 3.08. The maximum absolute atomic E-state index is 12.2. The van der Waals surface area contributed by atoms with Crippen molar-refractivity contribution in [3.05, 3.63) is 58.1 Å². The molecule has 0 fully saturated rings. The van der Waals surface area contributed by atoms with Crippen molar-refractivity contribution in [3.8, 4) is 5.75 Å². The van der Waals surface area contributed by atoms with Gasteiger partial charge in [0.2, 0.25) is 0 Å². The SMILES string of the molecule is Cc1c(Cl)cccc1NC(=O)[C@@H](C)OC(=O)COc1ccc2c(c1)CCC2. The smallest absolute Gasteiger partial charge is 0.344 e. The van der Waals surface area contributed by atoms with Gasteiger partial charge in [0.15, 0.2) is 12.7 Å². The van der Waals surface area contributed by atoms with Gasteiger partial charge >= 0.3 is 5.97 Å². The molecule has 142 valence electrons. The average molecular weight is 388 g/mol. The van der Waals surface area contributed by atoms with Gasteiger partial charge in [-0.1, -0.05) is 23.7 Å². The molecule has 2 aromatic carbocycles. The molecule has 0 bridgehead atoms. The highest BCUT2D eigenvalue weighted by Gasteiger charge is 2.19. The summed E-state index contributed by atoms with van der Waals surface area (Å²) < 4.78 is 10.7. The fourth-order valence-electron chi connectivity index (χ4n) is 3.04. The second-order valence-electron chi connectivity index (χ2n) is 6.61. The van der Waals surface area contributed by atoms with Gasteiger partial charge in [-0.25, -0.2) is 4.79 Å². The number of anilines is 1. The van der Waals surface area contributed by atoms with Crippen LogP contribution in [0.15, 0.2) is 36.4 Å². The quantitative estimate of drug-likeness (QED) is 0.758. The summed E-state index contributed by atoms with van der Waals surface area (Å²) in [6.07, 6.45) is 2.34. The molecule has 0 saturated heterocycles. The predicted molar refractivity (Wildman–Crippen MR) is 104 cm³/mol. The molecular formula is C21H22ClNO4. The van der Waals surface area contributed by atoms with Crippen LogP contribution in [0.1, 0.15) is 30.0 Å². The summed E-state index contributed by atoms with van der Waals surface area (Å²) in [5.41, 5.74) is 3.95. The number of amides is 1. The molecule has 3 rings (SSSR count). The van der Waals surface area contributed by atoms with Crippen molar-refractivity contribution in [1.29, 1.82) is 0 Å². The Balaban J connectivity index is 1.49. The van der Waals surface area contributed by atoms with E-state index in [1.807, 2.05) is 18.2 Å². The van der Waals surface area contributed by atoms with Crippen LogP contribution in [-0.2, 0) is 27.2 Å². The first-order valence-electron chi connectivity index (χ1n) is 8.94. The zero-order valence-corrected chi connectivity index (χ0v) is 16.1. The highest BCUT2D eigenvalue weighted by Crippen LogP contribution is 2.26. The van der Waals surface area contributed by atoms with Gasteiger partial charge in [-0.05, 0) is 74.1 Å². The second kappa shape index (κ2) is 8.44. The van der Waals surface area contributed by atoms with Crippen molar-refractivity contribution in [1.82, 2.24) is 0 Å². The molecule has 1 aliphatic rings. The highest BCUT2D eigenvalue weighted by molar-refractivity contribution is 6.31. The third kappa shape index (κ3) is 4.80. The Labute approximate surface area is 163 Å². The van der Waals surface area contributed by atoms with Crippen LogP contribution >= 0.6 is 11.6 Å². The first-order valence-corrected chi connectivity index (χ1v) is 9.32. The number of carbonyl (C=O) groups excluding carboxylic acids is 2. The minimum atomic E-state index is -0.945. The first kappa shape index (κ1) is 19.2. The normalized spacial score (nSPS) is 13.6. The van der Waals surface area contributed by atoms with Crippen LogP contribution in [0.4, 0.5) is 5.69 Å². The molecule has 1 amide bonds. The molecule has 1 atom stereocenters. The van der Waals surface area contributed by atoms with E-state index in [9.17, 15) is 9.59 Å². The van der Waals surface area contributed by atoms with Crippen LogP contribution in [0.3, 0.4) is 0 Å². The summed E-state index contributed by atoms with van der Waals surface area (Å²) >= 11 is 6.04. The zero-order valence-electron chi connectivity index (χ0n) is 15.4. The topological polar surface area (TPSA) is 64.6 Å². The number of hydrogen-bond donors (Lipinski definition) is 1. The van der Waals surface area contributed by atoms with Crippen LogP contribution in [0.2, 0.25) is 5.02 Å². The molecule has 0 radical (unpaired) electrons. The lowest BCUT2D eigenvalue weighted by Crippen LogP contribution is -2.31. The number of hydrogen-bond acceptors (Lipinski definition) is 4. The number of fused-ring (bicyclic) bond motifs is 1. The Bertz CT molecular complexity index is 865. The van der Waals surface area contributed by atoms with Crippen molar-refractivity contribution in [2.24, 2.45) is 0 Å². The van der Waals surface area contributed by atoms with E-state index in [0.29, 0.717) is 16.5 Å². The van der Waals surface area contributed by atoms with E-state index in [2.05, 4.69) is 5.32 Å². The minimum absolute atomic E-state index is 0.243. The Morgan fingerprint density at radius 1 is 1.19 bits per heavy atom. The molecule has 5 nitrogen and oxygen atoms in total. The second-order valence-corrected chi connectivity index (χ2v) is 7.01. The van der Waals surface area contributed by atoms with Crippen LogP contribution in [0.25, 0.3) is 0 Å². The molecule has 0 saturated carbocycles. The van der Waals surface area contributed by atoms with E-state index in [1.54, 1.807) is 25.1 Å². The van der Waals surface area contributed by atoms with Crippen LogP contribution in [-0.4, -0.2) is 24.6 Å². The predicted octanol–water partition coefficient (Wildman–Crippen LogP) is 4.09. The van der Waals surface area contributed by atoms with Gasteiger partial charge < -0.3 is 14.8 Å². The maximum Gasteiger partial charge on any atom is 0.344 e. The van der Waals surface area contributed by atoms with E-state index >= 15 is 0 Å². The Kier molecular flexibility index (Phi) is 6.01. The van der Waals surface area contributed by atoms with E-state index in [0.717, 1.165) is 24.8 Å². The van der Waals surface area contributed by atoms with Gasteiger partial charge in [0.05, 0.1) is 0 Å². The van der Waals surface area contributed by atoms with Gasteiger partial charge in [-0.3, -0.25) is 4.79 Å². The summed E-state index contributed by atoms with van der Waals surface area (Å²) in [7, 11) is 0. The van der Waals surface area contributed by atoms with Crippen molar-refractivity contribution in [3.63, 3.8) is 0 Å². The third-order valence-corrected chi connectivity index (χ3v) is 5.04. The van der Waals surface area contributed by atoms with Gasteiger partial charge in [0.1, 0.15) is 5.75 Å². The number of esters is 1. The van der Waals surface area contributed by atoms with E-state index in [4.69, 9.17) is 21.1 Å². The monoisotopic (exact) mass is 387 g/mol. The van der Waals surface area contributed by atoms with Gasteiger partial charge in [0.25, 0.3) is 5.91 Å². The number of carbonyl (C=O) groups is 2. The molecular weight excluding hydrogens is 366 g/mol. The highest BCUT2D eigenvalue weighted by atomic mass is 35.5. The largest absolute Gasteiger partial charge is 0.482 e. The van der Waals surface area contributed by atoms with E-state index in [1.165, 1.54) is 18.1 Å². The number of nitrogens with one attached hydrogen (secondary N) is 1. The molecule has 0 heterocycles. The van der Waals surface area contributed by atoms with E-state index in [-0.39, 0.29) is 6.61 Å². The summed E-state index contributed by atoms with van der Waals surface area (Å²) in [5, 5.41) is 3.27. The van der Waals surface area contributed by atoms with Crippen molar-refractivity contribution >= 4 is 29.2 Å². The van der Waals surface area contributed by atoms with Crippen molar-refractivity contribution in [2.45, 2.75) is 39.2 Å². The zero-order chi connectivity index (χ0) is 19.4. The molecule has 0 aliphatic heterocycles. The number of halogens is 1. The molecule has 2 aromatic rings. The van der Waals surface area contributed by atoms with Gasteiger partial charge in [-0.2, -0.15) is 0 Å².